The predicted molar refractivity (Wildman–Crippen MR) is 45.2 cm³/mol. The molecule has 1 heterocycles. The van der Waals surface area contributed by atoms with E-state index in [1.807, 2.05) is 0 Å². The van der Waals surface area contributed by atoms with Crippen LogP contribution in [-0.4, -0.2) is 11.3 Å². The number of pyridine rings is 1. The zero-order valence-electron chi connectivity index (χ0n) is 8.43. The van der Waals surface area contributed by atoms with Gasteiger partial charge in [0.05, 0.1) is 18.1 Å². The van der Waals surface area contributed by atoms with E-state index in [0.717, 1.165) is 0 Å². The fourth-order valence-corrected chi connectivity index (χ4v) is 1.16. The van der Waals surface area contributed by atoms with Crippen molar-refractivity contribution in [2.45, 2.75) is 19.2 Å². The maximum absolute atomic E-state index is 13.4. The van der Waals surface area contributed by atoms with Gasteiger partial charge in [-0.1, -0.05) is 0 Å². The van der Waals surface area contributed by atoms with Crippen LogP contribution in [0, 0.1) is 17.1 Å². The Bertz CT molecular complexity index is 479. The van der Waals surface area contributed by atoms with Gasteiger partial charge in [-0.05, 0) is 5.56 Å². The fraction of sp³-hybridized carbons (Fsp3) is 0.333. The Morgan fingerprint density at radius 2 is 2.00 bits per heavy atom. The normalized spacial score (nSPS) is 11.4. The van der Waals surface area contributed by atoms with Crippen molar-refractivity contribution in [2.75, 3.05) is 0 Å². The summed E-state index contributed by atoms with van der Waals surface area (Å²) in [5.41, 5.74) is -1.80. The van der Waals surface area contributed by atoms with Crippen LogP contribution in [0.1, 0.15) is 17.6 Å². The lowest BCUT2D eigenvalue weighted by Crippen LogP contribution is -2.19. The Labute approximate surface area is 96.6 Å². The molecule has 0 aliphatic carbocycles. The highest BCUT2D eigenvalue weighted by atomic mass is 19.4. The highest BCUT2D eigenvalue weighted by Crippen LogP contribution is 2.32. The third-order valence-electron chi connectivity index (χ3n) is 1.81. The van der Waals surface area contributed by atoms with E-state index in [4.69, 9.17) is 5.26 Å². The molecular weight excluding hydrogens is 266 g/mol. The minimum absolute atomic E-state index is 0.487. The van der Waals surface area contributed by atoms with Gasteiger partial charge in [-0.15, -0.1) is 13.2 Å². The maximum atomic E-state index is 13.4. The first-order valence-corrected chi connectivity index (χ1v) is 4.34. The third-order valence-corrected chi connectivity index (χ3v) is 1.81. The van der Waals surface area contributed by atoms with Crippen molar-refractivity contribution >= 4 is 0 Å². The summed E-state index contributed by atoms with van der Waals surface area (Å²) >= 11 is 0. The first-order chi connectivity index (χ1) is 8.26. The van der Waals surface area contributed by atoms with Gasteiger partial charge in [-0.25, -0.2) is 18.2 Å². The van der Waals surface area contributed by atoms with E-state index in [0.29, 0.717) is 6.20 Å². The average Bonchev–Trinajstić information content (AvgIpc) is 2.20. The molecule has 0 aliphatic heterocycles. The summed E-state index contributed by atoms with van der Waals surface area (Å²) in [5, 5.41) is 8.32. The number of rotatable bonds is 3. The van der Waals surface area contributed by atoms with E-state index >= 15 is 0 Å². The summed E-state index contributed by atoms with van der Waals surface area (Å²) in [6.45, 7) is 0. The zero-order chi connectivity index (χ0) is 13.9. The average molecular weight is 270 g/mol. The van der Waals surface area contributed by atoms with Gasteiger partial charge in [0.1, 0.15) is 0 Å². The van der Waals surface area contributed by atoms with Gasteiger partial charge in [0.15, 0.2) is 5.82 Å². The Balaban J connectivity index is 3.27. The molecule has 1 aromatic heterocycles. The summed E-state index contributed by atoms with van der Waals surface area (Å²) in [7, 11) is 0. The SMILES string of the molecule is N#CCc1cnc(OC(F)(F)F)c(F)c1C(F)F. The Hall–Kier alpha value is -1.98. The van der Waals surface area contributed by atoms with Crippen molar-refractivity contribution in [2.24, 2.45) is 0 Å². The quantitative estimate of drug-likeness (QED) is 0.793. The number of nitrogens with zero attached hydrogens (tertiary/aromatic N) is 2. The van der Waals surface area contributed by atoms with Crippen molar-refractivity contribution in [3.63, 3.8) is 0 Å². The van der Waals surface area contributed by atoms with E-state index < -0.39 is 42.0 Å². The van der Waals surface area contributed by atoms with Crippen LogP contribution in [0.25, 0.3) is 0 Å². The maximum Gasteiger partial charge on any atom is 0.574 e. The first kappa shape index (κ1) is 14.1. The second-order valence-electron chi connectivity index (χ2n) is 3.00. The largest absolute Gasteiger partial charge is 0.574 e. The van der Waals surface area contributed by atoms with Crippen molar-refractivity contribution < 1.29 is 31.1 Å². The molecule has 98 valence electrons. The molecule has 0 unspecified atom stereocenters. The second kappa shape index (κ2) is 5.12. The summed E-state index contributed by atoms with van der Waals surface area (Å²) in [4.78, 5) is 2.92. The molecule has 3 nitrogen and oxygen atoms in total. The fourth-order valence-electron chi connectivity index (χ4n) is 1.16. The van der Waals surface area contributed by atoms with Crippen molar-refractivity contribution in [3.05, 3.63) is 23.1 Å². The smallest absolute Gasteiger partial charge is 0.385 e. The summed E-state index contributed by atoms with van der Waals surface area (Å²) in [5.74, 6) is -3.52. The molecule has 0 radical (unpaired) electrons. The molecule has 0 saturated carbocycles. The van der Waals surface area contributed by atoms with Crippen molar-refractivity contribution in [3.8, 4) is 11.9 Å². The third kappa shape index (κ3) is 3.26. The van der Waals surface area contributed by atoms with Gasteiger partial charge < -0.3 is 4.74 Å². The Kier molecular flexibility index (Phi) is 4.00. The van der Waals surface area contributed by atoms with Gasteiger partial charge >= 0.3 is 6.36 Å². The Morgan fingerprint density at radius 1 is 1.39 bits per heavy atom. The van der Waals surface area contributed by atoms with Crippen LogP contribution in [0.4, 0.5) is 26.3 Å². The van der Waals surface area contributed by atoms with Gasteiger partial charge in [0, 0.05) is 6.20 Å². The number of ether oxygens (including phenoxy) is 1. The highest BCUT2D eigenvalue weighted by Gasteiger charge is 2.35. The number of aromatic nitrogens is 1. The molecule has 0 saturated heterocycles. The highest BCUT2D eigenvalue weighted by molar-refractivity contribution is 5.34. The molecular formula is C9H4F6N2O. The van der Waals surface area contributed by atoms with E-state index in [1.165, 1.54) is 6.07 Å². The van der Waals surface area contributed by atoms with Gasteiger partial charge in [-0.3, -0.25) is 0 Å². The summed E-state index contributed by atoms with van der Waals surface area (Å²) in [6, 6.07) is 1.47. The molecule has 1 rings (SSSR count). The summed E-state index contributed by atoms with van der Waals surface area (Å²) in [6.07, 6.45) is -8.68. The molecule has 0 spiro atoms. The second-order valence-corrected chi connectivity index (χ2v) is 3.00. The molecule has 9 heteroatoms. The van der Waals surface area contributed by atoms with E-state index in [-0.39, 0.29) is 0 Å². The molecule has 0 bridgehead atoms. The predicted octanol–water partition coefficient (Wildman–Crippen LogP) is 3.12. The lowest BCUT2D eigenvalue weighted by Gasteiger charge is -2.12. The molecule has 0 atom stereocenters. The molecule has 0 amide bonds. The van der Waals surface area contributed by atoms with E-state index in [1.54, 1.807) is 0 Å². The lowest BCUT2D eigenvalue weighted by molar-refractivity contribution is -0.277. The zero-order valence-corrected chi connectivity index (χ0v) is 8.43. The Morgan fingerprint density at radius 3 is 2.44 bits per heavy atom. The molecule has 0 aliphatic rings. The minimum atomic E-state index is -5.25. The van der Waals surface area contributed by atoms with Crippen LogP contribution in [0.3, 0.4) is 0 Å². The molecule has 1 aromatic rings. The van der Waals surface area contributed by atoms with Crippen LogP contribution in [0.15, 0.2) is 6.20 Å². The number of hydrogen-bond acceptors (Lipinski definition) is 3. The van der Waals surface area contributed by atoms with Crippen LogP contribution in [0.2, 0.25) is 0 Å². The summed E-state index contributed by atoms with van der Waals surface area (Å²) < 4.78 is 77.0. The van der Waals surface area contributed by atoms with Crippen LogP contribution < -0.4 is 4.74 Å². The lowest BCUT2D eigenvalue weighted by atomic mass is 10.1. The van der Waals surface area contributed by atoms with Gasteiger partial charge in [0.25, 0.3) is 12.3 Å². The van der Waals surface area contributed by atoms with Gasteiger partial charge in [0.2, 0.25) is 0 Å². The standard InChI is InChI=1S/C9H4F6N2O/c10-6-5(7(11)12)4(1-2-16)3-17-8(6)18-9(13,14)15/h3,7H,1H2. The monoisotopic (exact) mass is 270 g/mol. The molecule has 0 aromatic carbocycles. The molecule has 0 N–H and O–H groups in total. The van der Waals surface area contributed by atoms with E-state index in [2.05, 4.69) is 9.72 Å². The number of hydrogen-bond donors (Lipinski definition) is 0. The van der Waals surface area contributed by atoms with Crippen LogP contribution >= 0.6 is 0 Å². The van der Waals surface area contributed by atoms with Crippen molar-refractivity contribution in [1.29, 1.82) is 5.26 Å². The van der Waals surface area contributed by atoms with Crippen LogP contribution in [0.5, 0.6) is 5.88 Å². The van der Waals surface area contributed by atoms with E-state index in [9.17, 15) is 26.3 Å². The van der Waals surface area contributed by atoms with Gasteiger partial charge in [-0.2, -0.15) is 5.26 Å². The number of nitriles is 1. The molecule has 0 fully saturated rings. The molecule has 18 heavy (non-hydrogen) atoms. The number of alkyl halides is 5. The first-order valence-electron chi connectivity index (χ1n) is 4.34. The van der Waals surface area contributed by atoms with Crippen molar-refractivity contribution in [1.82, 2.24) is 4.98 Å². The number of halogens is 6. The minimum Gasteiger partial charge on any atom is -0.385 e. The topological polar surface area (TPSA) is 45.9 Å². The van der Waals surface area contributed by atoms with Crippen LogP contribution in [-0.2, 0) is 6.42 Å².